The smallest absolute Gasteiger partial charge is 0.225 e. The first-order valence-electron chi connectivity index (χ1n) is 10.3. The average Bonchev–Trinajstić information content (AvgIpc) is 3.24. The number of aliphatic imine (C=N–C) groups is 1. The van der Waals surface area contributed by atoms with Crippen molar-refractivity contribution < 1.29 is 0 Å². The summed E-state index contributed by atoms with van der Waals surface area (Å²) in [5.41, 5.74) is 4.58. The molecule has 31 heavy (non-hydrogen) atoms. The number of guanidine groups is 1. The predicted octanol–water partition coefficient (Wildman–Crippen LogP) is 6.12. The number of hydrogen-bond acceptors (Lipinski definition) is 3. The number of benzene rings is 3. The van der Waals surface area contributed by atoms with Crippen LogP contribution in [0.3, 0.4) is 0 Å². The van der Waals surface area contributed by atoms with Crippen LogP contribution in [0.15, 0.2) is 93.9 Å². The van der Waals surface area contributed by atoms with Crippen molar-refractivity contribution in [1.29, 1.82) is 0 Å². The van der Waals surface area contributed by atoms with Crippen LogP contribution >= 0.6 is 23.5 Å². The number of rotatable bonds is 5. The Morgan fingerprint density at radius 1 is 1.06 bits per heavy atom. The molecule has 0 bridgehead atoms. The number of hydrogen-bond donors (Lipinski definition) is 1. The van der Waals surface area contributed by atoms with Gasteiger partial charge in [-0.05, 0) is 61.2 Å². The van der Waals surface area contributed by atoms with Crippen LogP contribution in [-0.2, 0) is 0 Å². The summed E-state index contributed by atoms with van der Waals surface area (Å²) in [6.45, 7) is 5.52. The molecule has 6 heteroatoms. The summed E-state index contributed by atoms with van der Waals surface area (Å²) in [7, 11) is 0. The van der Waals surface area contributed by atoms with E-state index in [-0.39, 0.29) is 5.92 Å². The van der Waals surface area contributed by atoms with Gasteiger partial charge in [-0.1, -0.05) is 71.8 Å². The van der Waals surface area contributed by atoms with E-state index in [1.54, 1.807) is 11.9 Å². The fourth-order valence-electron chi connectivity index (χ4n) is 3.49. The fraction of sp³-hybridized carbons (Fsp3) is 0.200. The maximum Gasteiger partial charge on any atom is 0.225 e. The highest BCUT2D eigenvalue weighted by Gasteiger charge is 2.31. The number of aryl methyl sites for hydroxylation is 1. The van der Waals surface area contributed by atoms with Gasteiger partial charge < -0.3 is 0 Å². The lowest BCUT2D eigenvalue weighted by atomic mass is 9.91. The fourth-order valence-corrected chi connectivity index (χ4v) is 4.27. The molecule has 0 saturated carbocycles. The molecule has 0 aliphatic carbocycles. The van der Waals surface area contributed by atoms with E-state index in [4.69, 9.17) is 21.7 Å². The van der Waals surface area contributed by atoms with Gasteiger partial charge >= 0.3 is 0 Å². The molecule has 1 aliphatic heterocycles. The highest BCUT2D eigenvalue weighted by atomic mass is 35.5. The van der Waals surface area contributed by atoms with Gasteiger partial charge in [-0.3, -0.25) is 9.71 Å². The molecule has 4 rings (SSSR count). The topological polar surface area (TPSA) is 40.0 Å². The zero-order chi connectivity index (χ0) is 21.6. The molecule has 1 heterocycles. The Balaban J connectivity index is 1.61. The first kappa shape index (κ1) is 21.5. The predicted molar refractivity (Wildman–Crippen MR) is 132 cm³/mol. The van der Waals surface area contributed by atoms with Crippen molar-refractivity contribution in [2.24, 2.45) is 10.1 Å². The molecule has 0 radical (unpaired) electrons. The SMILES string of the molecule is CCN=C(NSc1ccc(C)cc1)N1CC(c2ccccc2)C(c2ccc(Cl)cc2)=N1. The second kappa shape index (κ2) is 10.0. The molecule has 158 valence electrons. The first-order valence-corrected chi connectivity index (χ1v) is 11.5. The minimum Gasteiger partial charge on any atom is -0.295 e. The Morgan fingerprint density at radius 2 is 1.77 bits per heavy atom. The van der Waals surface area contributed by atoms with Gasteiger partial charge in [-0.25, -0.2) is 5.01 Å². The van der Waals surface area contributed by atoms with E-state index in [2.05, 4.69) is 60.2 Å². The lowest BCUT2D eigenvalue weighted by Gasteiger charge is -2.19. The zero-order valence-corrected chi connectivity index (χ0v) is 19.2. The second-order valence-corrected chi connectivity index (χ2v) is 8.67. The summed E-state index contributed by atoms with van der Waals surface area (Å²) in [5, 5.41) is 7.69. The monoisotopic (exact) mass is 448 g/mol. The second-order valence-electron chi connectivity index (χ2n) is 7.35. The molecule has 3 aromatic rings. The molecule has 3 aromatic carbocycles. The molecule has 1 aliphatic rings. The summed E-state index contributed by atoms with van der Waals surface area (Å²) < 4.78 is 3.42. The molecular weight excluding hydrogens is 424 g/mol. The quantitative estimate of drug-likeness (QED) is 0.290. The van der Waals surface area contributed by atoms with Crippen molar-refractivity contribution in [2.75, 3.05) is 13.1 Å². The van der Waals surface area contributed by atoms with Crippen molar-refractivity contribution in [3.05, 3.63) is 101 Å². The third-order valence-electron chi connectivity index (χ3n) is 5.09. The Bertz CT molecular complexity index is 1060. The van der Waals surface area contributed by atoms with Crippen molar-refractivity contribution in [3.63, 3.8) is 0 Å². The lowest BCUT2D eigenvalue weighted by Crippen LogP contribution is -2.34. The summed E-state index contributed by atoms with van der Waals surface area (Å²) >= 11 is 7.67. The Labute approximate surface area is 193 Å². The van der Waals surface area contributed by atoms with Gasteiger partial charge in [0.1, 0.15) is 0 Å². The molecule has 1 unspecified atom stereocenters. The van der Waals surface area contributed by atoms with Crippen LogP contribution in [-0.4, -0.2) is 29.8 Å². The number of hydrazone groups is 1. The summed E-state index contributed by atoms with van der Waals surface area (Å²) in [6.07, 6.45) is 0. The van der Waals surface area contributed by atoms with Gasteiger partial charge in [-0.15, -0.1) is 0 Å². The number of nitrogens with zero attached hydrogens (tertiary/aromatic N) is 3. The van der Waals surface area contributed by atoms with Crippen LogP contribution in [0.2, 0.25) is 5.02 Å². The van der Waals surface area contributed by atoms with E-state index in [1.807, 2.05) is 42.3 Å². The highest BCUT2D eigenvalue weighted by molar-refractivity contribution is 7.98. The van der Waals surface area contributed by atoms with Gasteiger partial charge in [0.05, 0.1) is 12.3 Å². The largest absolute Gasteiger partial charge is 0.295 e. The molecule has 0 amide bonds. The van der Waals surface area contributed by atoms with E-state index in [1.165, 1.54) is 11.1 Å². The Morgan fingerprint density at radius 3 is 2.45 bits per heavy atom. The van der Waals surface area contributed by atoms with E-state index in [9.17, 15) is 0 Å². The zero-order valence-electron chi connectivity index (χ0n) is 17.6. The average molecular weight is 449 g/mol. The molecule has 4 nitrogen and oxygen atoms in total. The van der Waals surface area contributed by atoms with Crippen LogP contribution in [0.4, 0.5) is 0 Å². The molecule has 0 aromatic heterocycles. The van der Waals surface area contributed by atoms with Gasteiger partial charge in [0.25, 0.3) is 0 Å². The van der Waals surface area contributed by atoms with Gasteiger partial charge in [0, 0.05) is 22.4 Å². The van der Waals surface area contributed by atoms with Crippen molar-refractivity contribution in [2.45, 2.75) is 24.7 Å². The van der Waals surface area contributed by atoms with Crippen molar-refractivity contribution in [1.82, 2.24) is 9.73 Å². The first-order chi connectivity index (χ1) is 15.1. The van der Waals surface area contributed by atoms with Gasteiger partial charge in [0.2, 0.25) is 5.96 Å². The third-order valence-corrected chi connectivity index (χ3v) is 6.13. The van der Waals surface area contributed by atoms with Crippen LogP contribution < -0.4 is 4.72 Å². The van der Waals surface area contributed by atoms with Crippen molar-refractivity contribution in [3.8, 4) is 0 Å². The maximum atomic E-state index is 6.12. The molecule has 1 atom stereocenters. The third kappa shape index (κ3) is 5.30. The van der Waals surface area contributed by atoms with E-state index < -0.39 is 0 Å². The minimum atomic E-state index is 0.149. The van der Waals surface area contributed by atoms with Gasteiger partial charge in [0.15, 0.2) is 0 Å². The van der Waals surface area contributed by atoms with Crippen molar-refractivity contribution >= 4 is 35.2 Å². The highest BCUT2D eigenvalue weighted by Crippen LogP contribution is 2.30. The molecule has 0 fully saturated rings. The standard InChI is InChI=1S/C25H25ClN4S/c1-3-27-25(29-31-22-15-9-18(2)10-16-22)30-17-23(19-7-5-4-6-8-19)24(28-30)20-11-13-21(26)14-12-20/h4-16,23H,3,17H2,1-2H3,(H,27,29). The summed E-state index contributed by atoms with van der Waals surface area (Å²) in [4.78, 5) is 5.83. The number of nitrogens with one attached hydrogen (secondary N) is 1. The Kier molecular flexibility index (Phi) is 6.95. The van der Waals surface area contributed by atoms with Crippen LogP contribution in [0, 0.1) is 6.92 Å². The van der Waals surface area contributed by atoms with Crippen LogP contribution in [0.25, 0.3) is 0 Å². The van der Waals surface area contributed by atoms with Crippen LogP contribution in [0.1, 0.15) is 29.5 Å². The van der Waals surface area contributed by atoms with Crippen LogP contribution in [0.5, 0.6) is 0 Å². The molecule has 0 spiro atoms. The van der Waals surface area contributed by atoms with Gasteiger partial charge in [-0.2, -0.15) is 5.10 Å². The van der Waals surface area contributed by atoms with E-state index in [0.717, 1.165) is 33.7 Å². The normalized spacial score (nSPS) is 16.4. The molecule has 0 saturated heterocycles. The molecule has 1 N–H and O–H groups in total. The lowest BCUT2D eigenvalue weighted by molar-refractivity contribution is 0.464. The Hall–Kier alpha value is -2.76. The molecular formula is C25H25ClN4S. The van der Waals surface area contributed by atoms with E-state index >= 15 is 0 Å². The number of halogens is 1. The summed E-state index contributed by atoms with van der Waals surface area (Å²) in [5.74, 6) is 0.911. The van der Waals surface area contributed by atoms with E-state index in [0.29, 0.717) is 6.54 Å². The maximum absolute atomic E-state index is 6.12. The summed E-state index contributed by atoms with van der Waals surface area (Å²) in [6, 6.07) is 26.8. The minimum absolute atomic E-state index is 0.149.